The van der Waals surface area contributed by atoms with Gasteiger partial charge in [-0.15, -0.1) is 0 Å². The summed E-state index contributed by atoms with van der Waals surface area (Å²) in [6.45, 7) is 13.6. The van der Waals surface area contributed by atoms with Crippen molar-refractivity contribution in [3.05, 3.63) is 59.9 Å². The highest BCUT2D eigenvalue weighted by Gasteiger charge is 2.21. The molecule has 0 saturated heterocycles. The van der Waals surface area contributed by atoms with Crippen LogP contribution in [0.15, 0.2) is 48.8 Å². The van der Waals surface area contributed by atoms with Gasteiger partial charge in [0.1, 0.15) is 5.75 Å². The molecule has 0 bridgehead atoms. The average molecular weight is 379 g/mol. The SMILES string of the molecule is C.CC(C)(C)NCc1cc(C(C)(C)C)cc(-c2cncc3ccccc23)c1O. The number of phenols is 1. The van der Waals surface area contributed by atoms with Gasteiger partial charge in [0.2, 0.25) is 0 Å². The summed E-state index contributed by atoms with van der Waals surface area (Å²) in [6.07, 6.45) is 3.72. The van der Waals surface area contributed by atoms with Crippen LogP contribution in [0.1, 0.15) is 60.1 Å². The van der Waals surface area contributed by atoms with Crippen LogP contribution in [0.5, 0.6) is 5.75 Å². The van der Waals surface area contributed by atoms with Crippen molar-refractivity contribution >= 4 is 10.8 Å². The Labute approximate surface area is 169 Å². The predicted octanol–water partition coefficient (Wildman–Crippen LogP) is 6.43. The van der Waals surface area contributed by atoms with E-state index in [4.69, 9.17) is 0 Å². The second-order valence-corrected chi connectivity index (χ2v) is 9.29. The summed E-state index contributed by atoms with van der Waals surface area (Å²) in [6, 6.07) is 12.4. The van der Waals surface area contributed by atoms with Gasteiger partial charge in [0.05, 0.1) is 0 Å². The first-order chi connectivity index (χ1) is 12.6. The number of aromatic nitrogens is 1. The van der Waals surface area contributed by atoms with Crippen molar-refractivity contribution in [1.29, 1.82) is 0 Å². The van der Waals surface area contributed by atoms with Gasteiger partial charge in [-0.3, -0.25) is 4.98 Å². The monoisotopic (exact) mass is 378 g/mol. The Kier molecular flexibility index (Phi) is 6.20. The molecule has 0 fully saturated rings. The normalized spacial score (nSPS) is 12.1. The molecule has 0 unspecified atom stereocenters. The Balaban J connectivity index is 0.00000280. The number of hydrogen-bond donors (Lipinski definition) is 2. The van der Waals surface area contributed by atoms with Gasteiger partial charge in [-0.05, 0) is 43.2 Å². The first-order valence-corrected chi connectivity index (χ1v) is 9.51. The van der Waals surface area contributed by atoms with Crippen LogP contribution in [0.3, 0.4) is 0 Å². The van der Waals surface area contributed by atoms with Gasteiger partial charge in [-0.2, -0.15) is 0 Å². The summed E-state index contributed by atoms with van der Waals surface area (Å²) in [5.41, 5.74) is 3.89. The standard InChI is InChI=1S/C24H30N2O.CH4/c1-23(2,3)18-11-17(14-26-24(4,5)6)22(27)20(12-18)21-15-25-13-16-9-7-8-10-19(16)21;/h7-13,15,26-27H,14H2,1-6H3;1H4. The van der Waals surface area contributed by atoms with E-state index < -0.39 is 0 Å². The van der Waals surface area contributed by atoms with E-state index in [1.165, 1.54) is 5.56 Å². The van der Waals surface area contributed by atoms with Gasteiger partial charge in [0.25, 0.3) is 0 Å². The van der Waals surface area contributed by atoms with Gasteiger partial charge >= 0.3 is 0 Å². The third-order valence-electron chi connectivity index (χ3n) is 4.82. The lowest BCUT2D eigenvalue weighted by Crippen LogP contribution is -2.35. The van der Waals surface area contributed by atoms with Crippen LogP contribution in [-0.2, 0) is 12.0 Å². The molecule has 0 aliphatic heterocycles. The molecule has 3 rings (SSSR count). The van der Waals surface area contributed by atoms with Crippen LogP contribution < -0.4 is 5.32 Å². The van der Waals surface area contributed by atoms with Crippen LogP contribution in [0, 0.1) is 0 Å². The number of nitrogens with zero attached hydrogens (tertiary/aromatic N) is 1. The second kappa shape index (κ2) is 7.92. The molecular formula is C25H34N2O. The van der Waals surface area contributed by atoms with Crippen LogP contribution >= 0.6 is 0 Å². The van der Waals surface area contributed by atoms with E-state index in [2.05, 4.69) is 76.1 Å². The Morgan fingerprint density at radius 2 is 1.61 bits per heavy atom. The van der Waals surface area contributed by atoms with E-state index in [9.17, 15) is 5.11 Å². The highest BCUT2D eigenvalue weighted by atomic mass is 16.3. The maximum atomic E-state index is 11.1. The maximum absolute atomic E-state index is 11.1. The molecule has 0 aliphatic rings. The predicted molar refractivity (Wildman–Crippen MR) is 121 cm³/mol. The van der Waals surface area contributed by atoms with Crippen molar-refractivity contribution in [3.8, 4) is 16.9 Å². The zero-order chi connectivity index (χ0) is 19.8. The first-order valence-electron chi connectivity index (χ1n) is 9.51. The number of aromatic hydroxyl groups is 1. The maximum Gasteiger partial charge on any atom is 0.127 e. The van der Waals surface area contributed by atoms with Crippen LogP contribution in [0.2, 0.25) is 0 Å². The van der Waals surface area contributed by atoms with Crippen molar-refractivity contribution < 1.29 is 5.11 Å². The lowest BCUT2D eigenvalue weighted by Gasteiger charge is -2.25. The van der Waals surface area contributed by atoms with E-state index in [0.717, 1.165) is 27.5 Å². The average Bonchev–Trinajstić information content (AvgIpc) is 2.59. The summed E-state index contributed by atoms with van der Waals surface area (Å²) in [4.78, 5) is 4.41. The van der Waals surface area contributed by atoms with E-state index in [1.807, 2.05) is 24.5 Å². The molecule has 1 heterocycles. The number of benzene rings is 2. The number of nitrogens with one attached hydrogen (secondary N) is 1. The van der Waals surface area contributed by atoms with Crippen LogP contribution in [0.25, 0.3) is 21.9 Å². The molecule has 0 saturated carbocycles. The van der Waals surface area contributed by atoms with Crippen molar-refractivity contribution in [3.63, 3.8) is 0 Å². The van der Waals surface area contributed by atoms with Crippen molar-refractivity contribution in [1.82, 2.24) is 10.3 Å². The molecule has 3 aromatic rings. The number of phenolic OH excluding ortho intramolecular Hbond substituents is 1. The number of rotatable bonds is 3. The minimum Gasteiger partial charge on any atom is -0.507 e. The third-order valence-corrected chi connectivity index (χ3v) is 4.82. The van der Waals surface area contributed by atoms with Gasteiger partial charge < -0.3 is 10.4 Å². The van der Waals surface area contributed by atoms with Gasteiger partial charge in [0, 0.05) is 46.6 Å². The van der Waals surface area contributed by atoms with Crippen LogP contribution in [0.4, 0.5) is 0 Å². The highest BCUT2D eigenvalue weighted by molar-refractivity contribution is 5.97. The summed E-state index contributed by atoms with van der Waals surface area (Å²) in [7, 11) is 0. The van der Waals surface area contributed by atoms with Crippen molar-refractivity contribution in [2.24, 2.45) is 0 Å². The Hall–Kier alpha value is -2.39. The molecule has 28 heavy (non-hydrogen) atoms. The molecule has 3 nitrogen and oxygen atoms in total. The Morgan fingerprint density at radius 1 is 0.929 bits per heavy atom. The number of fused-ring (bicyclic) bond motifs is 1. The molecular weight excluding hydrogens is 344 g/mol. The summed E-state index contributed by atoms with van der Waals surface area (Å²) in [5, 5.41) is 16.8. The number of hydrogen-bond acceptors (Lipinski definition) is 3. The van der Waals surface area contributed by atoms with Crippen molar-refractivity contribution in [2.45, 2.75) is 66.5 Å². The molecule has 1 aromatic heterocycles. The largest absolute Gasteiger partial charge is 0.507 e. The third kappa shape index (κ3) is 4.71. The molecule has 0 aliphatic carbocycles. The molecule has 0 amide bonds. The summed E-state index contributed by atoms with van der Waals surface area (Å²) < 4.78 is 0. The zero-order valence-corrected chi connectivity index (χ0v) is 17.2. The molecule has 150 valence electrons. The fraction of sp³-hybridized carbons (Fsp3) is 0.400. The second-order valence-electron chi connectivity index (χ2n) is 9.29. The topological polar surface area (TPSA) is 45.2 Å². The van der Waals surface area contributed by atoms with E-state index in [-0.39, 0.29) is 18.4 Å². The van der Waals surface area contributed by atoms with E-state index in [0.29, 0.717) is 12.3 Å². The van der Waals surface area contributed by atoms with Gasteiger partial charge in [0.15, 0.2) is 0 Å². The lowest BCUT2D eigenvalue weighted by molar-refractivity contribution is 0.411. The molecule has 3 heteroatoms. The Morgan fingerprint density at radius 3 is 2.25 bits per heavy atom. The molecule has 0 spiro atoms. The zero-order valence-electron chi connectivity index (χ0n) is 17.2. The minimum absolute atomic E-state index is 0. The fourth-order valence-corrected chi connectivity index (χ4v) is 3.16. The van der Waals surface area contributed by atoms with E-state index in [1.54, 1.807) is 0 Å². The van der Waals surface area contributed by atoms with Gasteiger partial charge in [-0.25, -0.2) is 0 Å². The lowest BCUT2D eigenvalue weighted by atomic mass is 9.83. The summed E-state index contributed by atoms with van der Waals surface area (Å²) >= 11 is 0. The van der Waals surface area contributed by atoms with Crippen molar-refractivity contribution in [2.75, 3.05) is 0 Å². The van der Waals surface area contributed by atoms with Crippen LogP contribution in [-0.4, -0.2) is 15.6 Å². The molecule has 2 aromatic carbocycles. The highest BCUT2D eigenvalue weighted by Crippen LogP contribution is 2.39. The quantitative estimate of drug-likeness (QED) is 0.552. The van der Waals surface area contributed by atoms with E-state index >= 15 is 0 Å². The fourth-order valence-electron chi connectivity index (χ4n) is 3.16. The minimum atomic E-state index is -0.0225. The van der Waals surface area contributed by atoms with Gasteiger partial charge in [-0.1, -0.05) is 58.5 Å². The molecule has 2 N–H and O–H groups in total. The first kappa shape index (κ1) is 21.9. The molecule has 0 radical (unpaired) electrons. The smallest absolute Gasteiger partial charge is 0.127 e. The Bertz CT molecular complexity index is 957. The molecule has 0 atom stereocenters. The summed E-state index contributed by atoms with van der Waals surface area (Å²) in [5.74, 6) is 0.331. The number of pyridine rings is 1.